The number of fused-ring (bicyclic) bond motifs is 2. The number of aromatic nitrogens is 1. The van der Waals surface area contributed by atoms with Crippen LogP contribution in [0.1, 0.15) is 24.1 Å². The van der Waals surface area contributed by atoms with Crippen molar-refractivity contribution in [3.05, 3.63) is 77.9 Å². The zero-order valence-corrected chi connectivity index (χ0v) is 15.0. The number of benzene rings is 2. The third-order valence-corrected chi connectivity index (χ3v) is 5.38. The summed E-state index contributed by atoms with van der Waals surface area (Å²) < 4.78 is 13.8. The van der Waals surface area contributed by atoms with Crippen LogP contribution in [0.2, 0.25) is 0 Å². The second-order valence-electron chi connectivity index (χ2n) is 6.96. The average molecular weight is 358 g/mol. The first-order valence-corrected chi connectivity index (χ1v) is 9.10. The standard InChI is InChI=1S/C22H19FN4/c1-15(16-3-2-4-18(23)11-16)26-14-27(19-6-8-24-9-7-19)22-13-20-17(5-10-25-20)12-21(22)26/h2-4,6-13,15H,5,14H2,1H3/t15-/m1/s1. The van der Waals surface area contributed by atoms with Crippen LogP contribution in [0.5, 0.6) is 0 Å². The summed E-state index contributed by atoms with van der Waals surface area (Å²) in [6, 6.07) is 15.3. The Bertz CT molecular complexity index is 1030. The summed E-state index contributed by atoms with van der Waals surface area (Å²) in [5.41, 5.74) is 6.61. The second-order valence-corrected chi connectivity index (χ2v) is 6.96. The highest BCUT2D eigenvalue weighted by Gasteiger charge is 2.32. The zero-order valence-electron chi connectivity index (χ0n) is 15.0. The molecule has 5 heteroatoms. The molecule has 2 aliphatic heterocycles. The molecule has 0 fully saturated rings. The summed E-state index contributed by atoms with van der Waals surface area (Å²) in [5, 5.41) is 0. The fraction of sp³-hybridized carbons (Fsp3) is 0.182. The normalized spacial score (nSPS) is 15.8. The minimum absolute atomic E-state index is 0.0478. The van der Waals surface area contributed by atoms with Crippen LogP contribution in [0.3, 0.4) is 0 Å². The van der Waals surface area contributed by atoms with Gasteiger partial charge in [0.25, 0.3) is 0 Å². The minimum atomic E-state index is -0.202. The maximum atomic E-state index is 13.8. The average Bonchev–Trinajstić information content (AvgIpc) is 3.30. The third-order valence-electron chi connectivity index (χ3n) is 5.38. The predicted molar refractivity (Wildman–Crippen MR) is 107 cm³/mol. The van der Waals surface area contributed by atoms with Crippen LogP contribution in [-0.4, -0.2) is 17.9 Å². The van der Waals surface area contributed by atoms with Gasteiger partial charge in [-0.2, -0.15) is 0 Å². The van der Waals surface area contributed by atoms with E-state index in [2.05, 4.69) is 38.8 Å². The summed E-state index contributed by atoms with van der Waals surface area (Å²) in [6.07, 6.45) is 6.43. The molecule has 0 aliphatic carbocycles. The van der Waals surface area contributed by atoms with Gasteiger partial charge < -0.3 is 9.80 Å². The van der Waals surface area contributed by atoms with E-state index in [1.165, 1.54) is 11.6 Å². The van der Waals surface area contributed by atoms with Gasteiger partial charge in [-0.25, -0.2) is 4.39 Å². The molecule has 0 radical (unpaired) electrons. The van der Waals surface area contributed by atoms with Crippen molar-refractivity contribution in [3.8, 4) is 0 Å². The van der Waals surface area contributed by atoms with Crippen molar-refractivity contribution in [2.24, 2.45) is 4.99 Å². The summed E-state index contributed by atoms with van der Waals surface area (Å²) in [6.45, 7) is 2.82. The quantitative estimate of drug-likeness (QED) is 0.648. The van der Waals surface area contributed by atoms with E-state index >= 15 is 0 Å². The first-order valence-electron chi connectivity index (χ1n) is 9.10. The summed E-state index contributed by atoms with van der Waals surface area (Å²) in [4.78, 5) is 13.2. The number of halogens is 1. The van der Waals surface area contributed by atoms with E-state index in [0.29, 0.717) is 6.67 Å². The van der Waals surface area contributed by atoms with Crippen LogP contribution in [-0.2, 0) is 6.42 Å². The molecule has 3 heterocycles. The Labute approximate surface area is 157 Å². The maximum absolute atomic E-state index is 13.8. The number of rotatable bonds is 3. The van der Waals surface area contributed by atoms with Gasteiger partial charge in [0.15, 0.2) is 0 Å². The Hall–Kier alpha value is -3.21. The summed E-state index contributed by atoms with van der Waals surface area (Å²) in [5.74, 6) is -0.202. The summed E-state index contributed by atoms with van der Waals surface area (Å²) >= 11 is 0. The lowest BCUT2D eigenvalue weighted by Crippen LogP contribution is -2.30. The lowest BCUT2D eigenvalue weighted by atomic mass is 10.0. The molecule has 0 unspecified atom stereocenters. The predicted octanol–water partition coefficient (Wildman–Crippen LogP) is 5.16. The molecule has 2 aliphatic rings. The van der Waals surface area contributed by atoms with Gasteiger partial charge in [0.05, 0.1) is 29.8 Å². The number of hydrogen-bond acceptors (Lipinski definition) is 4. The van der Waals surface area contributed by atoms with Gasteiger partial charge in [-0.15, -0.1) is 0 Å². The highest BCUT2D eigenvalue weighted by molar-refractivity contribution is 5.89. The van der Waals surface area contributed by atoms with Crippen LogP contribution in [0.25, 0.3) is 0 Å². The van der Waals surface area contributed by atoms with E-state index in [4.69, 9.17) is 0 Å². The van der Waals surface area contributed by atoms with Crippen LogP contribution in [0.15, 0.2) is 65.9 Å². The van der Waals surface area contributed by atoms with Gasteiger partial charge in [-0.3, -0.25) is 9.98 Å². The van der Waals surface area contributed by atoms with Crippen LogP contribution in [0, 0.1) is 5.82 Å². The molecular weight excluding hydrogens is 339 g/mol. The smallest absolute Gasteiger partial charge is 0.123 e. The first kappa shape index (κ1) is 16.0. The molecule has 1 aromatic heterocycles. The van der Waals surface area contributed by atoms with E-state index in [0.717, 1.165) is 34.7 Å². The topological polar surface area (TPSA) is 31.7 Å². The van der Waals surface area contributed by atoms with Crippen LogP contribution in [0.4, 0.5) is 27.1 Å². The molecule has 3 aromatic rings. The minimum Gasteiger partial charge on any atom is -0.345 e. The molecule has 0 amide bonds. The van der Waals surface area contributed by atoms with Crippen molar-refractivity contribution in [2.45, 2.75) is 19.4 Å². The zero-order chi connectivity index (χ0) is 18.4. The molecule has 0 N–H and O–H groups in total. The molecule has 1 atom stereocenters. The molecule has 0 spiro atoms. The van der Waals surface area contributed by atoms with Gasteiger partial charge in [0.2, 0.25) is 0 Å². The monoisotopic (exact) mass is 358 g/mol. The highest BCUT2D eigenvalue weighted by atomic mass is 19.1. The van der Waals surface area contributed by atoms with Crippen molar-refractivity contribution in [2.75, 3.05) is 16.5 Å². The van der Waals surface area contributed by atoms with E-state index in [9.17, 15) is 4.39 Å². The van der Waals surface area contributed by atoms with Gasteiger partial charge in [-0.1, -0.05) is 12.1 Å². The number of anilines is 3. The van der Waals surface area contributed by atoms with Crippen molar-refractivity contribution >= 4 is 29.0 Å². The molecule has 0 saturated heterocycles. The van der Waals surface area contributed by atoms with Crippen molar-refractivity contribution < 1.29 is 4.39 Å². The van der Waals surface area contributed by atoms with E-state index in [1.807, 2.05) is 24.4 Å². The number of hydrogen-bond donors (Lipinski definition) is 0. The molecule has 5 rings (SSSR count). The molecule has 4 nitrogen and oxygen atoms in total. The first-order chi connectivity index (χ1) is 13.2. The Morgan fingerprint density at radius 1 is 1.04 bits per heavy atom. The molecular formula is C22H19FN4. The Kier molecular flexibility index (Phi) is 3.67. The SMILES string of the molecule is C[C@H](c1cccc(F)c1)N1CN(c2ccncc2)c2cc3c(cc21)CC=N3. The van der Waals surface area contributed by atoms with Crippen molar-refractivity contribution in [1.29, 1.82) is 0 Å². The number of aliphatic imine (C=N–C) groups is 1. The third kappa shape index (κ3) is 2.67. The Morgan fingerprint density at radius 2 is 1.89 bits per heavy atom. The van der Waals surface area contributed by atoms with Gasteiger partial charge in [-0.05, 0) is 54.4 Å². The Balaban J connectivity index is 1.61. The fourth-order valence-corrected chi connectivity index (χ4v) is 3.91. The largest absolute Gasteiger partial charge is 0.345 e. The van der Waals surface area contributed by atoms with Crippen LogP contribution >= 0.6 is 0 Å². The summed E-state index contributed by atoms with van der Waals surface area (Å²) in [7, 11) is 0. The van der Waals surface area contributed by atoms with Gasteiger partial charge in [0.1, 0.15) is 5.82 Å². The van der Waals surface area contributed by atoms with Crippen LogP contribution < -0.4 is 9.80 Å². The van der Waals surface area contributed by atoms with Gasteiger partial charge >= 0.3 is 0 Å². The maximum Gasteiger partial charge on any atom is 0.123 e. The van der Waals surface area contributed by atoms with Crippen molar-refractivity contribution in [3.63, 3.8) is 0 Å². The molecule has 0 bridgehead atoms. The second kappa shape index (κ2) is 6.20. The lowest BCUT2D eigenvalue weighted by Gasteiger charge is -2.28. The van der Waals surface area contributed by atoms with E-state index in [-0.39, 0.29) is 11.9 Å². The lowest BCUT2D eigenvalue weighted by molar-refractivity contribution is 0.617. The fourth-order valence-electron chi connectivity index (χ4n) is 3.91. The highest BCUT2D eigenvalue weighted by Crippen LogP contribution is 2.47. The Morgan fingerprint density at radius 3 is 2.70 bits per heavy atom. The van der Waals surface area contributed by atoms with Crippen molar-refractivity contribution in [1.82, 2.24) is 4.98 Å². The molecule has 2 aromatic carbocycles. The van der Waals surface area contributed by atoms with E-state index in [1.54, 1.807) is 24.5 Å². The molecule has 0 saturated carbocycles. The number of pyridine rings is 1. The molecule has 27 heavy (non-hydrogen) atoms. The number of nitrogens with zero attached hydrogens (tertiary/aromatic N) is 4. The van der Waals surface area contributed by atoms with Gasteiger partial charge in [0, 0.05) is 30.7 Å². The van der Waals surface area contributed by atoms with E-state index < -0.39 is 0 Å². The molecule has 134 valence electrons.